The minimum Gasteiger partial charge on any atom is -0.465 e. The highest BCUT2D eigenvalue weighted by atomic mass is 31.2. The minimum absolute atomic E-state index is 0.240. The van der Waals surface area contributed by atoms with Crippen LogP contribution >= 0.6 is 7.52 Å². The van der Waals surface area contributed by atoms with Crippen LogP contribution in [-0.2, 0) is 14.1 Å². The number of benzene rings is 1. The van der Waals surface area contributed by atoms with Crippen molar-refractivity contribution in [3.05, 3.63) is 30.1 Å². The summed E-state index contributed by atoms with van der Waals surface area (Å²) in [4.78, 5) is 11.7. The quantitative estimate of drug-likeness (QED) is 0.635. The Balaban J connectivity index is 2.98. The van der Waals surface area contributed by atoms with E-state index in [1.165, 1.54) is 24.3 Å². The average Bonchev–Trinajstić information content (AvgIpc) is 2.40. The lowest BCUT2D eigenvalue weighted by Crippen LogP contribution is -2.39. The van der Waals surface area contributed by atoms with E-state index in [2.05, 4.69) is 5.09 Å². The Hall–Kier alpha value is -1.39. The molecule has 0 aliphatic heterocycles. The molecule has 0 amide bonds. The van der Waals surface area contributed by atoms with Crippen LogP contribution in [0.2, 0.25) is 0 Å². The summed E-state index contributed by atoms with van der Waals surface area (Å²) in [7, 11) is -3.45. The molecule has 1 aromatic rings. The van der Waals surface area contributed by atoms with Crippen LogP contribution in [-0.4, -0.2) is 23.8 Å². The van der Waals surface area contributed by atoms with Crippen molar-refractivity contribution in [3.63, 3.8) is 0 Å². The van der Waals surface area contributed by atoms with E-state index < -0.39 is 30.5 Å². The van der Waals surface area contributed by atoms with Gasteiger partial charge in [-0.3, -0.25) is 9.36 Å². The van der Waals surface area contributed by atoms with Crippen LogP contribution in [0.15, 0.2) is 24.3 Å². The van der Waals surface area contributed by atoms with E-state index in [0.717, 1.165) is 0 Å². The topological polar surface area (TPSA) is 64.6 Å². The molecule has 0 radical (unpaired) electrons. The van der Waals surface area contributed by atoms with Crippen molar-refractivity contribution in [1.82, 2.24) is 5.09 Å². The maximum absolute atomic E-state index is 13.2. The zero-order valence-electron chi connectivity index (χ0n) is 13.6. The van der Waals surface area contributed by atoms with E-state index in [1.54, 1.807) is 34.6 Å². The Bertz CT molecular complexity index is 554. The summed E-state index contributed by atoms with van der Waals surface area (Å²) in [5.74, 6) is -0.649. The molecule has 0 aliphatic rings. The highest BCUT2D eigenvalue weighted by molar-refractivity contribution is 7.59. The molecule has 5 nitrogen and oxygen atoms in total. The fraction of sp³-hybridized carbons (Fsp3) is 0.533. The first-order valence-electron chi connectivity index (χ1n) is 7.09. The molecule has 0 fully saturated rings. The molecule has 0 bridgehead atoms. The summed E-state index contributed by atoms with van der Waals surface area (Å²) in [5.41, 5.74) is 0. The number of ether oxygens (including phenoxy) is 1. The molecule has 7 heteroatoms. The van der Waals surface area contributed by atoms with E-state index in [4.69, 9.17) is 9.26 Å². The van der Waals surface area contributed by atoms with Gasteiger partial charge in [-0.15, -0.1) is 0 Å². The normalized spacial score (nSPS) is 15.7. The molecule has 0 saturated heterocycles. The maximum Gasteiger partial charge on any atom is 0.323 e. The number of halogens is 1. The van der Waals surface area contributed by atoms with Gasteiger partial charge in [0.2, 0.25) is 0 Å². The van der Waals surface area contributed by atoms with Gasteiger partial charge < -0.3 is 9.26 Å². The summed E-state index contributed by atoms with van der Waals surface area (Å²) in [5, 5.41) is 1.98. The number of hydrogen-bond donors (Lipinski definition) is 1. The van der Waals surface area contributed by atoms with Gasteiger partial charge in [0, 0.05) is 0 Å². The summed E-state index contributed by atoms with van der Waals surface area (Å²) >= 11 is 0. The highest BCUT2D eigenvalue weighted by Crippen LogP contribution is 2.55. The Kier molecular flexibility index (Phi) is 6.15. The highest BCUT2D eigenvalue weighted by Gasteiger charge is 2.42. The standard InChI is InChI=1S/C15H23FNO4P/c1-6-20-14(18)11(2)17-22(19,15(3,4)5)21-13-9-7-12(16)8-10-13/h7-11H,6H2,1-5H3,(H,17,19)/t11-,22?/m0/s1. The molecule has 0 spiro atoms. The first-order valence-corrected chi connectivity index (χ1v) is 8.71. The predicted octanol–water partition coefficient (Wildman–Crippen LogP) is 3.74. The lowest BCUT2D eigenvalue weighted by Gasteiger charge is -2.32. The van der Waals surface area contributed by atoms with Crippen molar-refractivity contribution in [2.75, 3.05) is 6.61 Å². The van der Waals surface area contributed by atoms with Crippen LogP contribution in [0.1, 0.15) is 34.6 Å². The summed E-state index contributed by atoms with van der Waals surface area (Å²) in [6, 6.07) is 4.44. The van der Waals surface area contributed by atoms with Gasteiger partial charge in [-0.2, -0.15) is 0 Å². The molecule has 0 aromatic heterocycles. The van der Waals surface area contributed by atoms with E-state index in [1.807, 2.05) is 0 Å². The minimum atomic E-state index is -3.45. The molecule has 0 heterocycles. The predicted molar refractivity (Wildman–Crippen MR) is 83.6 cm³/mol. The van der Waals surface area contributed by atoms with Crippen LogP contribution in [0.5, 0.6) is 5.75 Å². The number of carbonyl (C=O) groups is 1. The van der Waals surface area contributed by atoms with Crippen LogP contribution in [0.3, 0.4) is 0 Å². The monoisotopic (exact) mass is 331 g/mol. The second-order valence-electron chi connectivity index (χ2n) is 5.87. The smallest absolute Gasteiger partial charge is 0.323 e. The zero-order valence-corrected chi connectivity index (χ0v) is 14.4. The number of nitrogens with one attached hydrogen (secondary N) is 1. The van der Waals surface area contributed by atoms with Crippen LogP contribution in [0, 0.1) is 5.82 Å². The number of rotatable bonds is 6. The second kappa shape index (κ2) is 7.25. The molecule has 22 heavy (non-hydrogen) atoms. The lowest BCUT2D eigenvalue weighted by molar-refractivity contribution is -0.144. The SMILES string of the molecule is CCOC(=O)[C@H](C)NP(=O)(Oc1ccc(F)cc1)C(C)(C)C. The van der Waals surface area contributed by atoms with E-state index >= 15 is 0 Å². The maximum atomic E-state index is 13.2. The van der Waals surface area contributed by atoms with E-state index in [-0.39, 0.29) is 12.4 Å². The summed E-state index contributed by atoms with van der Waals surface area (Å²) in [6.07, 6.45) is 0. The number of esters is 1. The van der Waals surface area contributed by atoms with Crippen molar-refractivity contribution >= 4 is 13.5 Å². The van der Waals surface area contributed by atoms with Crippen molar-refractivity contribution in [3.8, 4) is 5.75 Å². The average molecular weight is 331 g/mol. The van der Waals surface area contributed by atoms with Gasteiger partial charge in [0.1, 0.15) is 17.6 Å². The molecule has 1 N–H and O–H groups in total. The number of hydrogen-bond acceptors (Lipinski definition) is 4. The Morgan fingerprint density at radius 2 is 1.86 bits per heavy atom. The largest absolute Gasteiger partial charge is 0.465 e. The van der Waals surface area contributed by atoms with Gasteiger partial charge in [-0.25, -0.2) is 9.48 Å². The molecular weight excluding hydrogens is 308 g/mol. The molecule has 1 rings (SSSR count). The first-order chi connectivity index (χ1) is 10.1. The fourth-order valence-electron chi connectivity index (χ4n) is 1.58. The van der Waals surface area contributed by atoms with E-state index in [0.29, 0.717) is 0 Å². The molecule has 0 saturated carbocycles. The fourth-order valence-corrected chi connectivity index (χ4v) is 3.32. The van der Waals surface area contributed by atoms with Crippen molar-refractivity contribution in [2.24, 2.45) is 0 Å². The second-order valence-corrected chi connectivity index (χ2v) is 8.76. The third-order valence-electron chi connectivity index (χ3n) is 2.93. The Morgan fingerprint density at radius 1 is 1.32 bits per heavy atom. The molecule has 1 aromatic carbocycles. The van der Waals surface area contributed by atoms with Gasteiger partial charge in [0.05, 0.1) is 11.8 Å². The Morgan fingerprint density at radius 3 is 2.32 bits per heavy atom. The van der Waals surface area contributed by atoms with Crippen LogP contribution in [0.4, 0.5) is 4.39 Å². The zero-order chi connectivity index (χ0) is 17.0. The lowest BCUT2D eigenvalue weighted by atomic mass is 10.3. The Labute approximate surface area is 130 Å². The third kappa shape index (κ3) is 4.82. The van der Waals surface area contributed by atoms with Crippen LogP contribution in [0.25, 0.3) is 0 Å². The van der Waals surface area contributed by atoms with Gasteiger partial charge in [0.25, 0.3) is 0 Å². The van der Waals surface area contributed by atoms with E-state index in [9.17, 15) is 13.8 Å². The first kappa shape index (κ1) is 18.7. The summed E-state index contributed by atoms with van der Waals surface area (Å²) in [6.45, 7) is 8.71. The molecule has 0 aliphatic carbocycles. The molecule has 1 unspecified atom stereocenters. The molecular formula is C15H23FNO4P. The van der Waals surface area contributed by atoms with Crippen LogP contribution < -0.4 is 9.61 Å². The van der Waals surface area contributed by atoms with Crippen molar-refractivity contribution in [2.45, 2.75) is 45.8 Å². The number of carbonyl (C=O) groups excluding carboxylic acids is 1. The molecule has 2 atom stereocenters. The van der Waals surface area contributed by atoms with Gasteiger partial charge in [0.15, 0.2) is 0 Å². The van der Waals surface area contributed by atoms with Gasteiger partial charge in [-0.05, 0) is 58.9 Å². The third-order valence-corrected chi connectivity index (χ3v) is 5.90. The molecule has 124 valence electrons. The van der Waals surface area contributed by atoms with Crippen molar-refractivity contribution in [1.29, 1.82) is 0 Å². The summed E-state index contributed by atoms with van der Waals surface area (Å²) < 4.78 is 36.6. The van der Waals surface area contributed by atoms with Gasteiger partial charge in [-0.1, -0.05) is 0 Å². The van der Waals surface area contributed by atoms with Crippen molar-refractivity contribution < 1.29 is 23.0 Å². The van der Waals surface area contributed by atoms with Gasteiger partial charge >= 0.3 is 13.5 Å².